The third-order valence-electron chi connectivity index (χ3n) is 6.38. The maximum atomic E-state index is 13.6. The van der Waals surface area contributed by atoms with Gasteiger partial charge in [-0.15, -0.1) is 11.3 Å². The lowest BCUT2D eigenvalue weighted by atomic mass is 10.00. The summed E-state index contributed by atoms with van der Waals surface area (Å²) >= 11 is 7.77. The van der Waals surface area contributed by atoms with Crippen LogP contribution in [0.25, 0.3) is 0 Å². The van der Waals surface area contributed by atoms with E-state index in [0.717, 1.165) is 12.0 Å². The van der Waals surface area contributed by atoms with E-state index >= 15 is 0 Å². The predicted molar refractivity (Wildman–Crippen MR) is 137 cm³/mol. The van der Waals surface area contributed by atoms with Crippen molar-refractivity contribution < 1.29 is 18.7 Å². The molecule has 1 aliphatic rings. The molecule has 8 heteroatoms. The van der Waals surface area contributed by atoms with Gasteiger partial charge in [-0.3, -0.25) is 9.59 Å². The number of carbonyl (C=O) groups is 2. The minimum Gasteiger partial charge on any atom is -0.491 e. The minimum absolute atomic E-state index is 0.0453. The first-order chi connectivity index (χ1) is 16.9. The van der Waals surface area contributed by atoms with Gasteiger partial charge in [0.05, 0.1) is 6.04 Å². The van der Waals surface area contributed by atoms with Gasteiger partial charge in [-0.1, -0.05) is 30.7 Å². The minimum atomic E-state index is -0.376. The standard InChI is InChI=1S/C27H28ClFN2O3S/c1-3-18(2)31(27(33)19-6-4-7-20(28)14-19)16-26(32)30-12-10-25-23(11-13-35-25)24(30)17-34-22-9-5-8-21(29)15-22/h4-9,11,13-15,18,24H,3,10,12,16-17H2,1-2H3/t18-,24-/m1/s1. The van der Waals surface area contributed by atoms with Crippen molar-refractivity contribution in [2.45, 2.75) is 38.8 Å². The smallest absolute Gasteiger partial charge is 0.254 e. The fourth-order valence-electron chi connectivity index (χ4n) is 4.28. The summed E-state index contributed by atoms with van der Waals surface area (Å²) in [6.07, 6.45) is 1.46. The molecule has 35 heavy (non-hydrogen) atoms. The van der Waals surface area contributed by atoms with Crippen molar-refractivity contribution in [3.05, 3.63) is 86.8 Å². The van der Waals surface area contributed by atoms with Crippen LogP contribution in [-0.4, -0.2) is 47.4 Å². The van der Waals surface area contributed by atoms with Crippen LogP contribution in [-0.2, 0) is 11.2 Å². The van der Waals surface area contributed by atoms with Gasteiger partial charge in [-0.05, 0) is 67.1 Å². The van der Waals surface area contributed by atoms with Crippen LogP contribution in [0.4, 0.5) is 4.39 Å². The zero-order valence-electron chi connectivity index (χ0n) is 19.7. The number of amides is 2. The molecule has 4 rings (SSSR count). The first-order valence-electron chi connectivity index (χ1n) is 11.7. The Kier molecular flexibility index (Phi) is 8.08. The quantitative estimate of drug-likeness (QED) is 0.371. The van der Waals surface area contributed by atoms with Crippen LogP contribution in [0.1, 0.15) is 47.1 Å². The summed E-state index contributed by atoms with van der Waals surface area (Å²) in [6, 6.07) is 14.3. The first kappa shape index (κ1) is 25.2. The second kappa shape index (κ2) is 11.2. The summed E-state index contributed by atoms with van der Waals surface area (Å²) in [4.78, 5) is 31.6. The molecule has 0 saturated carbocycles. The third kappa shape index (κ3) is 5.85. The molecule has 0 spiro atoms. The van der Waals surface area contributed by atoms with Crippen molar-refractivity contribution in [2.75, 3.05) is 19.7 Å². The highest BCUT2D eigenvalue weighted by atomic mass is 35.5. The molecule has 5 nitrogen and oxygen atoms in total. The van der Waals surface area contributed by atoms with Gasteiger partial charge in [0.25, 0.3) is 5.91 Å². The average Bonchev–Trinajstić information content (AvgIpc) is 3.34. The summed E-state index contributed by atoms with van der Waals surface area (Å²) in [5.74, 6) is -0.336. The molecule has 0 N–H and O–H groups in total. The van der Waals surface area contributed by atoms with Crippen molar-refractivity contribution in [1.82, 2.24) is 9.80 Å². The lowest BCUT2D eigenvalue weighted by Crippen LogP contribution is -2.49. The maximum Gasteiger partial charge on any atom is 0.254 e. The number of benzene rings is 2. The number of ether oxygens (including phenoxy) is 1. The highest BCUT2D eigenvalue weighted by molar-refractivity contribution is 7.10. The molecule has 3 aromatic rings. The molecule has 0 aliphatic carbocycles. The van der Waals surface area contributed by atoms with E-state index in [1.165, 1.54) is 17.0 Å². The number of halogens is 2. The van der Waals surface area contributed by atoms with Gasteiger partial charge in [0.1, 0.15) is 24.7 Å². The van der Waals surface area contributed by atoms with Gasteiger partial charge in [0.2, 0.25) is 5.91 Å². The number of thiophene rings is 1. The highest BCUT2D eigenvalue weighted by Gasteiger charge is 2.34. The molecule has 2 atom stereocenters. The molecule has 184 valence electrons. The van der Waals surface area contributed by atoms with Gasteiger partial charge in [0.15, 0.2) is 0 Å². The molecule has 1 aromatic heterocycles. The normalized spacial score (nSPS) is 15.9. The molecule has 2 heterocycles. The Morgan fingerprint density at radius 2 is 2.03 bits per heavy atom. The zero-order valence-corrected chi connectivity index (χ0v) is 21.3. The van der Waals surface area contributed by atoms with Gasteiger partial charge >= 0.3 is 0 Å². The zero-order chi connectivity index (χ0) is 24.9. The van der Waals surface area contributed by atoms with Crippen LogP contribution in [0.15, 0.2) is 60.0 Å². The Hall–Kier alpha value is -2.90. The van der Waals surface area contributed by atoms with Crippen molar-refractivity contribution in [3.8, 4) is 5.75 Å². The predicted octanol–water partition coefficient (Wildman–Crippen LogP) is 5.99. The fourth-order valence-corrected chi connectivity index (χ4v) is 5.40. The van der Waals surface area contributed by atoms with Crippen molar-refractivity contribution in [3.63, 3.8) is 0 Å². The molecule has 0 saturated heterocycles. The molecule has 2 amide bonds. The molecule has 2 aromatic carbocycles. The van der Waals surface area contributed by atoms with Crippen LogP contribution in [0.3, 0.4) is 0 Å². The first-order valence-corrected chi connectivity index (χ1v) is 12.9. The van der Waals surface area contributed by atoms with Crippen molar-refractivity contribution >= 4 is 34.8 Å². The second-order valence-electron chi connectivity index (χ2n) is 8.62. The third-order valence-corrected chi connectivity index (χ3v) is 7.61. The second-order valence-corrected chi connectivity index (χ2v) is 10.1. The summed E-state index contributed by atoms with van der Waals surface area (Å²) in [6.45, 7) is 4.61. The monoisotopic (exact) mass is 514 g/mol. The van der Waals surface area contributed by atoms with Crippen LogP contribution >= 0.6 is 22.9 Å². The van der Waals surface area contributed by atoms with E-state index in [1.54, 1.807) is 57.5 Å². The van der Waals surface area contributed by atoms with E-state index in [-0.39, 0.29) is 42.9 Å². The number of nitrogens with zero attached hydrogens (tertiary/aromatic N) is 2. The summed E-state index contributed by atoms with van der Waals surface area (Å²) in [7, 11) is 0. The largest absolute Gasteiger partial charge is 0.491 e. The average molecular weight is 515 g/mol. The molecule has 1 aliphatic heterocycles. The van der Waals surface area contributed by atoms with E-state index in [9.17, 15) is 14.0 Å². The number of rotatable bonds is 8. The van der Waals surface area contributed by atoms with Crippen molar-refractivity contribution in [1.29, 1.82) is 0 Å². The topological polar surface area (TPSA) is 49.9 Å². The van der Waals surface area contributed by atoms with E-state index in [4.69, 9.17) is 16.3 Å². The van der Waals surface area contributed by atoms with Gasteiger partial charge in [0, 0.05) is 34.1 Å². The van der Waals surface area contributed by atoms with Crippen LogP contribution < -0.4 is 4.74 Å². The number of carbonyl (C=O) groups excluding carboxylic acids is 2. The molecule has 0 bridgehead atoms. The summed E-state index contributed by atoms with van der Waals surface area (Å²) in [5.41, 5.74) is 1.50. The number of fused-ring (bicyclic) bond motifs is 1. The van der Waals surface area contributed by atoms with E-state index in [2.05, 4.69) is 0 Å². The van der Waals surface area contributed by atoms with Crippen molar-refractivity contribution in [2.24, 2.45) is 0 Å². The summed E-state index contributed by atoms with van der Waals surface area (Å²) in [5, 5.41) is 2.49. The Morgan fingerprint density at radius 3 is 2.77 bits per heavy atom. The molecule has 0 fully saturated rings. The Morgan fingerprint density at radius 1 is 1.23 bits per heavy atom. The van der Waals surface area contributed by atoms with Crippen LogP contribution in [0, 0.1) is 5.82 Å². The highest BCUT2D eigenvalue weighted by Crippen LogP contribution is 2.34. The lowest BCUT2D eigenvalue weighted by Gasteiger charge is -2.38. The van der Waals surface area contributed by atoms with E-state index in [1.807, 2.05) is 25.3 Å². The van der Waals surface area contributed by atoms with Gasteiger partial charge < -0.3 is 14.5 Å². The number of hydrogen-bond donors (Lipinski definition) is 0. The molecular formula is C27H28ClFN2O3S. The Balaban J connectivity index is 1.55. The maximum absolute atomic E-state index is 13.6. The summed E-state index contributed by atoms with van der Waals surface area (Å²) < 4.78 is 19.5. The lowest BCUT2D eigenvalue weighted by molar-refractivity contribution is -0.136. The molecule has 0 radical (unpaired) electrons. The Labute approximate surface area is 214 Å². The van der Waals surface area contributed by atoms with Gasteiger partial charge in [-0.25, -0.2) is 4.39 Å². The number of hydrogen-bond acceptors (Lipinski definition) is 4. The fraction of sp³-hybridized carbons (Fsp3) is 0.333. The SMILES string of the molecule is CC[C@@H](C)N(CC(=O)N1CCc2sccc2[C@H]1COc1cccc(F)c1)C(=O)c1cccc(Cl)c1. The molecule has 0 unspecified atom stereocenters. The van der Waals surface area contributed by atoms with Crippen LogP contribution in [0.2, 0.25) is 5.02 Å². The van der Waals surface area contributed by atoms with Crippen LogP contribution in [0.5, 0.6) is 5.75 Å². The molecular weight excluding hydrogens is 487 g/mol. The van der Waals surface area contributed by atoms with E-state index < -0.39 is 0 Å². The van der Waals surface area contributed by atoms with E-state index in [0.29, 0.717) is 29.3 Å². The Bertz CT molecular complexity index is 1200. The van der Waals surface area contributed by atoms with Gasteiger partial charge in [-0.2, -0.15) is 0 Å².